The van der Waals surface area contributed by atoms with Crippen LogP contribution in [0.4, 0.5) is 9.59 Å². The van der Waals surface area contributed by atoms with E-state index in [0.717, 1.165) is 37.7 Å². The van der Waals surface area contributed by atoms with Crippen molar-refractivity contribution in [2.75, 3.05) is 59.5 Å². The predicted molar refractivity (Wildman–Crippen MR) is 203 cm³/mol. The zero-order chi connectivity index (χ0) is 38.5. The first kappa shape index (κ1) is 41.0. The number of amides is 5. The lowest BCUT2D eigenvalue weighted by Crippen LogP contribution is -2.57. The number of aliphatic hydroxyl groups excluding tert-OH is 1. The Kier molecular flexibility index (Phi) is 15.6. The fourth-order valence-electron chi connectivity index (χ4n) is 7.70. The summed E-state index contributed by atoms with van der Waals surface area (Å²) in [7, 11) is 1.56. The molecule has 2 saturated heterocycles. The fourth-order valence-corrected chi connectivity index (χ4v) is 7.70. The molecule has 0 unspecified atom stereocenters. The highest BCUT2D eigenvalue weighted by atomic mass is 16.6. The molecule has 1 saturated carbocycles. The van der Waals surface area contributed by atoms with E-state index in [0.29, 0.717) is 69.8 Å². The quantitative estimate of drug-likeness (QED) is 0.248. The van der Waals surface area contributed by atoms with E-state index in [2.05, 4.69) is 29.1 Å². The van der Waals surface area contributed by atoms with Gasteiger partial charge in [-0.25, -0.2) is 14.6 Å². The van der Waals surface area contributed by atoms with Crippen molar-refractivity contribution in [1.82, 2.24) is 34.9 Å². The molecule has 0 bridgehead atoms. The number of imidazole rings is 1. The van der Waals surface area contributed by atoms with Crippen LogP contribution in [-0.2, 0) is 31.9 Å². The maximum absolute atomic E-state index is 14.5. The van der Waals surface area contributed by atoms with Gasteiger partial charge < -0.3 is 44.5 Å². The lowest BCUT2D eigenvalue weighted by atomic mass is 9.83. The van der Waals surface area contributed by atoms with Crippen molar-refractivity contribution in [3.05, 3.63) is 54.1 Å². The standard InChI is InChI=1S/C40H61N7O7/c1-29(2)14-15-35(48)33(24-30-10-6-4-7-11-30)43-37(49)34(26-32-27-41-28-42-32)44(3)38(50)36(25-31-12-8-5-9-13-31)54-40(52)47-18-16-45(17-19-47)39(51)46-20-22-53-23-21-46/h5,8-9,12-13,27-30,33-36,48H,4,6-7,10-11,14-26H2,1-3H3,(H,41,42)(H,43,49)/t33-,34-,35-,36-/m0/s1. The Morgan fingerprint density at radius 1 is 0.944 bits per heavy atom. The first-order valence-corrected chi connectivity index (χ1v) is 19.9. The summed E-state index contributed by atoms with van der Waals surface area (Å²) in [6.45, 7) is 7.56. The van der Waals surface area contributed by atoms with Gasteiger partial charge in [0.2, 0.25) is 5.91 Å². The first-order valence-electron chi connectivity index (χ1n) is 19.9. The number of aromatic nitrogens is 2. The number of benzene rings is 1. The molecule has 3 fully saturated rings. The molecule has 4 atom stereocenters. The van der Waals surface area contributed by atoms with Crippen molar-refractivity contribution in [3.8, 4) is 0 Å². The Hall–Kier alpha value is -4.17. The van der Waals surface area contributed by atoms with Gasteiger partial charge in [-0.3, -0.25) is 9.59 Å². The van der Waals surface area contributed by atoms with Gasteiger partial charge in [0.25, 0.3) is 5.91 Å². The molecule has 298 valence electrons. The van der Waals surface area contributed by atoms with E-state index in [4.69, 9.17) is 9.47 Å². The van der Waals surface area contributed by atoms with E-state index >= 15 is 0 Å². The van der Waals surface area contributed by atoms with Crippen molar-refractivity contribution in [1.29, 1.82) is 0 Å². The number of ether oxygens (including phenoxy) is 2. The molecule has 54 heavy (non-hydrogen) atoms. The summed E-state index contributed by atoms with van der Waals surface area (Å²) in [6.07, 6.45) is 8.61. The summed E-state index contributed by atoms with van der Waals surface area (Å²) >= 11 is 0. The van der Waals surface area contributed by atoms with Crippen LogP contribution in [0.15, 0.2) is 42.9 Å². The summed E-state index contributed by atoms with van der Waals surface area (Å²) in [5.74, 6) is -0.0826. The zero-order valence-corrected chi connectivity index (χ0v) is 32.4. The molecule has 14 heteroatoms. The number of rotatable bonds is 15. The van der Waals surface area contributed by atoms with Crippen LogP contribution in [0, 0.1) is 11.8 Å². The molecule has 3 aliphatic rings. The second-order valence-corrected chi connectivity index (χ2v) is 15.5. The number of urea groups is 1. The minimum atomic E-state index is -1.22. The lowest BCUT2D eigenvalue weighted by Gasteiger charge is -2.38. The predicted octanol–water partition coefficient (Wildman–Crippen LogP) is 3.85. The number of nitrogens with one attached hydrogen (secondary N) is 2. The molecular weight excluding hydrogens is 690 g/mol. The van der Waals surface area contributed by atoms with Crippen LogP contribution in [-0.4, -0.2) is 142 Å². The fraction of sp³-hybridized carbons (Fsp3) is 0.675. The SMILES string of the molecule is CC(C)CC[C@H](O)[C@H](CC1CCCCC1)NC(=O)[C@H](Cc1c[nH]cn1)N(C)C(=O)[C@H](Cc1ccccc1)OC(=O)N1CCN(C(=O)N2CCOCC2)CC1. The Balaban J connectivity index is 1.31. The van der Waals surface area contributed by atoms with Gasteiger partial charge >= 0.3 is 12.1 Å². The minimum absolute atomic E-state index is 0.0697. The smallest absolute Gasteiger partial charge is 0.410 e. The van der Waals surface area contributed by atoms with Gasteiger partial charge in [0.15, 0.2) is 6.10 Å². The number of nitrogens with zero attached hydrogens (tertiary/aromatic N) is 5. The third-order valence-corrected chi connectivity index (χ3v) is 11.1. The molecule has 3 N–H and O–H groups in total. The monoisotopic (exact) mass is 751 g/mol. The maximum atomic E-state index is 14.5. The van der Waals surface area contributed by atoms with Crippen molar-refractivity contribution < 1.29 is 33.8 Å². The number of likely N-dealkylation sites (N-methyl/N-ethyl adjacent to an activating group) is 1. The number of piperazine rings is 1. The van der Waals surface area contributed by atoms with Gasteiger partial charge in [0, 0.05) is 65.4 Å². The number of carbonyl (C=O) groups excluding carboxylic acids is 4. The van der Waals surface area contributed by atoms with Crippen molar-refractivity contribution in [2.24, 2.45) is 11.8 Å². The van der Waals surface area contributed by atoms with Crippen molar-refractivity contribution in [3.63, 3.8) is 0 Å². The second kappa shape index (κ2) is 20.5. The summed E-state index contributed by atoms with van der Waals surface area (Å²) in [5, 5.41) is 14.6. The van der Waals surface area contributed by atoms with Gasteiger partial charge in [0.05, 0.1) is 37.4 Å². The molecular formula is C40H61N7O7. The van der Waals surface area contributed by atoms with E-state index in [-0.39, 0.29) is 37.9 Å². The molecule has 3 heterocycles. The van der Waals surface area contributed by atoms with Crippen LogP contribution in [0.2, 0.25) is 0 Å². The summed E-state index contributed by atoms with van der Waals surface area (Å²) in [5.41, 5.74) is 1.40. The van der Waals surface area contributed by atoms with Gasteiger partial charge in [-0.15, -0.1) is 0 Å². The van der Waals surface area contributed by atoms with E-state index < -0.39 is 36.3 Å². The van der Waals surface area contributed by atoms with E-state index in [1.165, 1.54) is 22.5 Å². The second-order valence-electron chi connectivity index (χ2n) is 15.5. The van der Waals surface area contributed by atoms with Gasteiger partial charge in [-0.2, -0.15) is 0 Å². The normalized spacial score (nSPS) is 19.2. The van der Waals surface area contributed by atoms with Crippen LogP contribution in [0.1, 0.15) is 76.5 Å². The lowest BCUT2D eigenvalue weighted by molar-refractivity contribution is -0.146. The highest BCUT2D eigenvalue weighted by molar-refractivity contribution is 5.90. The number of aromatic amines is 1. The maximum Gasteiger partial charge on any atom is 0.410 e. The van der Waals surface area contributed by atoms with Gasteiger partial charge in [-0.05, 0) is 36.7 Å². The molecule has 1 aromatic heterocycles. The van der Waals surface area contributed by atoms with Crippen molar-refractivity contribution in [2.45, 2.75) is 102 Å². The number of aliphatic hydroxyl groups is 1. The van der Waals surface area contributed by atoms with Crippen LogP contribution in [0.3, 0.4) is 0 Å². The van der Waals surface area contributed by atoms with E-state index in [1.54, 1.807) is 23.0 Å². The molecule has 0 spiro atoms. The third-order valence-electron chi connectivity index (χ3n) is 11.1. The van der Waals surface area contributed by atoms with Crippen LogP contribution in [0.5, 0.6) is 0 Å². The molecule has 2 aliphatic heterocycles. The molecule has 1 aliphatic carbocycles. The summed E-state index contributed by atoms with van der Waals surface area (Å²) < 4.78 is 11.4. The molecule has 2 aromatic rings. The molecule has 14 nitrogen and oxygen atoms in total. The number of carbonyl (C=O) groups is 4. The van der Waals surface area contributed by atoms with E-state index in [9.17, 15) is 24.3 Å². The van der Waals surface area contributed by atoms with Crippen molar-refractivity contribution >= 4 is 23.9 Å². The Bertz CT molecular complexity index is 1460. The van der Waals surface area contributed by atoms with Gasteiger partial charge in [-0.1, -0.05) is 76.3 Å². The Morgan fingerprint density at radius 3 is 2.26 bits per heavy atom. The van der Waals surface area contributed by atoms with E-state index in [1.807, 2.05) is 30.3 Å². The van der Waals surface area contributed by atoms with Crippen LogP contribution < -0.4 is 5.32 Å². The zero-order valence-electron chi connectivity index (χ0n) is 32.4. The molecule has 0 radical (unpaired) electrons. The average Bonchev–Trinajstić information content (AvgIpc) is 3.72. The Labute approximate surface area is 319 Å². The topological polar surface area (TPSA) is 161 Å². The minimum Gasteiger partial charge on any atom is -0.436 e. The highest BCUT2D eigenvalue weighted by Gasteiger charge is 2.38. The largest absolute Gasteiger partial charge is 0.436 e. The molecule has 5 rings (SSSR count). The molecule has 1 aromatic carbocycles. The van der Waals surface area contributed by atoms with Crippen LogP contribution in [0.25, 0.3) is 0 Å². The third kappa shape index (κ3) is 11.9. The Morgan fingerprint density at radius 2 is 1.61 bits per heavy atom. The van der Waals surface area contributed by atoms with Crippen LogP contribution >= 0.6 is 0 Å². The summed E-state index contributed by atoms with van der Waals surface area (Å²) in [4.78, 5) is 69.2. The molecule has 5 amide bonds. The number of morpholine rings is 1. The average molecular weight is 752 g/mol. The highest BCUT2D eigenvalue weighted by Crippen LogP contribution is 2.29. The summed E-state index contributed by atoms with van der Waals surface area (Å²) in [6, 6.07) is 7.81. The number of H-pyrrole nitrogens is 1. The number of hydrogen-bond acceptors (Lipinski definition) is 8. The number of hydrogen-bond donors (Lipinski definition) is 3. The first-order chi connectivity index (χ1) is 26.1. The van der Waals surface area contributed by atoms with Gasteiger partial charge in [0.1, 0.15) is 6.04 Å².